The Balaban J connectivity index is 1.78. The Morgan fingerprint density at radius 2 is 1.86 bits per heavy atom. The van der Waals surface area contributed by atoms with E-state index < -0.39 is 34.3 Å². The summed E-state index contributed by atoms with van der Waals surface area (Å²) < 4.78 is 79.1. The molecular weight excluding hydrogens is 506 g/mol. The average Bonchev–Trinajstić information content (AvgIpc) is 2.83. The van der Waals surface area contributed by atoms with Gasteiger partial charge in [0.1, 0.15) is 18.1 Å². The topological polar surface area (TPSA) is 123 Å². The Morgan fingerprint density at radius 3 is 2.42 bits per heavy atom. The Bertz CT molecular complexity index is 1150. The molecule has 2 heterocycles. The van der Waals surface area contributed by atoms with E-state index in [1.54, 1.807) is 6.92 Å². The van der Waals surface area contributed by atoms with E-state index in [0.29, 0.717) is 36.3 Å². The van der Waals surface area contributed by atoms with Gasteiger partial charge in [-0.2, -0.15) is 18.2 Å². The van der Waals surface area contributed by atoms with E-state index in [1.807, 2.05) is 0 Å². The zero-order valence-corrected chi connectivity index (χ0v) is 20.5. The van der Waals surface area contributed by atoms with Crippen LogP contribution in [0.2, 0.25) is 0 Å². The molecule has 1 atom stereocenters. The highest BCUT2D eigenvalue weighted by Crippen LogP contribution is 2.31. The fraction of sp³-hybridized carbons (Fsp3) is 0.545. The summed E-state index contributed by atoms with van der Waals surface area (Å²) in [5.74, 6) is -1.69. The van der Waals surface area contributed by atoms with Crippen LogP contribution in [0, 0.1) is 0 Å². The number of hydrogen-bond donors (Lipinski definition) is 2. The maximum absolute atomic E-state index is 13.7. The summed E-state index contributed by atoms with van der Waals surface area (Å²) in [5, 5.41) is 6.06. The van der Waals surface area contributed by atoms with Crippen LogP contribution in [0.25, 0.3) is 11.3 Å². The third kappa shape index (κ3) is 7.48. The molecule has 1 aliphatic rings. The number of anilines is 2. The first-order valence-electron chi connectivity index (χ1n) is 11.3. The van der Waals surface area contributed by atoms with E-state index in [4.69, 9.17) is 0 Å². The van der Waals surface area contributed by atoms with Crippen LogP contribution in [0.15, 0.2) is 29.4 Å². The number of alkyl halides is 4. The monoisotopic (exact) mass is 533 g/mol. The minimum absolute atomic E-state index is 0.00622. The maximum Gasteiger partial charge on any atom is 0.490 e. The standard InChI is InChI=1S/C22H27F4N5O4S/c1-3-13(23)10-28-21-29-12-17(18-9-8-16(11-27-18)36(2,33)34)19(31-21)30-14-4-6-15(7-5-14)35-20(32)22(24,25)26/h8-9,11-15H,3-7,10H2,1-2H3,(H2,28,29,30,31)/t13-,14?,15?/m0/s1. The number of rotatable bonds is 9. The largest absolute Gasteiger partial charge is 0.490 e. The highest BCUT2D eigenvalue weighted by molar-refractivity contribution is 7.90. The van der Waals surface area contributed by atoms with E-state index in [1.165, 1.54) is 24.5 Å². The van der Waals surface area contributed by atoms with Crippen molar-refractivity contribution in [1.29, 1.82) is 0 Å². The summed E-state index contributed by atoms with van der Waals surface area (Å²) in [7, 11) is -3.44. The lowest BCUT2D eigenvalue weighted by Gasteiger charge is -2.30. The Labute approximate surface area is 206 Å². The second kappa shape index (κ2) is 11.4. The van der Waals surface area contributed by atoms with Crippen molar-refractivity contribution in [2.75, 3.05) is 23.4 Å². The molecule has 1 fully saturated rings. The molecule has 0 unspecified atom stereocenters. The molecule has 0 saturated heterocycles. The smallest absolute Gasteiger partial charge is 0.456 e. The van der Waals surface area contributed by atoms with Crippen LogP contribution in [0.3, 0.4) is 0 Å². The van der Waals surface area contributed by atoms with Crippen LogP contribution in [0.4, 0.5) is 29.3 Å². The Kier molecular flexibility index (Phi) is 8.69. The number of ether oxygens (including phenoxy) is 1. The lowest BCUT2D eigenvalue weighted by Crippen LogP contribution is -2.35. The molecule has 0 radical (unpaired) electrons. The third-order valence-corrected chi connectivity index (χ3v) is 6.77. The van der Waals surface area contributed by atoms with Crippen LogP contribution in [0.5, 0.6) is 0 Å². The van der Waals surface area contributed by atoms with Crippen LogP contribution in [-0.4, -0.2) is 66.6 Å². The number of carbonyl (C=O) groups is 1. The summed E-state index contributed by atoms with van der Waals surface area (Å²) in [6.07, 6.45) is -1.62. The number of esters is 1. The van der Waals surface area contributed by atoms with Gasteiger partial charge in [-0.1, -0.05) is 6.92 Å². The molecule has 14 heteroatoms. The van der Waals surface area contributed by atoms with Crippen molar-refractivity contribution >= 4 is 27.6 Å². The molecule has 198 valence electrons. The van der Waals surface area contributed by atoms with E-state index in [9.17, 15) is 30.8 Å². The van der Waals surface area contributed by atoms with Crippen LogP contribution in [0.1, 0.15) is 39.0 Å². The van der Waals surface area contributed by atoms with Gasteiger partial charge in [0.2, 0.25) is 5.95 Å². The highest BCUT2D eigenvalue weighted by atomic mass is 32.2. The van der Waals surface area contributed by atoms with Gasteiger partial charge in [0, 0.05) is 31.2 Å². The maximum atomic E-state index is 13.7. The van der Waals surface area contributed by atoms with Crippen LogP contribution in [-0.2, 0) is 19.4 Å². The van der Waals surface area contributed by atoms with Gasteiger partial charge in [0.15, 0.2) is 9.84 Å². The van der Waals surface area contributed by atoms with Crippen LogP contribution < -0.4 is 10.6 Å². The lowest BCUT2D eigenvalue weighted by atomic mass is 9.92. The molecule has 0 spiro atoms. The number of nitrogens with zero attached hydrogens (tertiary/aromatic N) is 3. The first-order valence-corrected chi connectivity index (χ1v) is 13.2. The number of hydrogen-bond acceptors (Lipinski definition) is 9. The number of nitrogens with one attached hydrogen (secondary N) is 2. The fourth-order valence-electron chi connectivity index (χ4n) is 3.61. The minimum atomic E-state index is -5.04. The molecular formula is C22H27F4N5O4S. The van der Waals surface area contributed by atoms with Gasteiger partial charge in [-0.25, -0.2) is 22.6 Å². The van der Waals surface area contributed by atoms with Crippen molar-refractivity contribution in [2.45, 2.75) is 68.4 Å². The average molecular weight is 534 g/mol. The summed E-state index contributed by atoms with van der Waals surface area (Å²) in [6.45, 7) is 1.71. The lowest BCUT2D eigenvalue weighted by molar-refractivity contribution is -0.206. The molecule has 1 aliphatic carbocycles. The number of halogens is 4. The SMILES string of the molecule is CC[C@H](F)CNc1ncc(-c2ccc(S(C)(=O)=O)cn2)c(NC2CCC(OC(=O)C(F)(F)F)CC2)n1. The second-order valence-corrected chi connectivity index (χ2v) is 10.5. The van der Waals surface area contributed by atoms with Gasteiger partial charge < -0.3 is 15.4 Å². The molecule has 0 aliphatic heterocycles. The summed E-state index contributed by atoms with van der Waals surface area (Å²) >= 11 is 0. The van der Waals surface area contributed by atoms with E-state index in [-0.39, 0.29) is 36.3 Å². The molecule has 2 aromatic heterocycles. The van der Waals surface area contributed by atoms with E-state index in [2.05, 4.69) is 30.3 Å². The Morgan fingerprint density at radius 1 is 1.17 bits per heavy atom. The molecule has 2 aromatic rings. The van der Waals surface area contributed by atoms with Crippen molar-refractivity contribution in [3.05, 3.63) is 24.5 Å². The zero-order valence-electron chi connectivity index (χ0n) is 19.7. The van der Waals surface area contributed by atoms with Gasteiger partial charge >= 0.3 is 12.1 Å². The minimum Gasteiger partial charge on any atom is -0.456 e. The van der Waals surface area contributed by atoms with Gasteiger partial charge in [-0.05, 0) is 44.2 Å². The molecule has 0 bridgehead atoms. The van der Waals surface area contributed by atoms with Crippen molar-refractivity contribution in [2.24, 2.45) is 0 Å². The zero-order chi connectivity index (χ0) is 26.5. The first-order chi connectivity index (χ1) is 16.9. The highest BCUT2D eigenvalue weighted by Gasteiger charge is 2.42. The number of carbonyl (C=O) groups excluding carboxylic acids is 1. The van der Waals surface area contributed by atoms with Crippen molar-refractivity contribution in [3.63, 3.8) is 0 Å². The normalized spacial score (nSPS) is 19.4. The molecule has 36 heavy (non-hydrogen) atoms. The van der Waals surface area contributed by atoms with Gasteiger partial charge in [-0.3, -0.25) is 4.98 Å². The molecule has 1 saturated carbocycles. The molecule has 3 rings (SSSR count). The Hall–Kier alpha value is -3.03. The molecule has 9 nitrogen and oxygen atoms in total. The third-order valence-electron chi connectivity index (χ3n) is 5.67. The van der Waals surface area contributed by atoms with Crippen LogP contribution >= 0.6 is 0 Å². The summed E-state index contributed by atoms with van der Waals surface area (Å²) in [5.41, 5.74) is 0.847. The van der Waals surface area contributed by atoms with Gasteiger partial charge in [0.25, 0.3) is 0 Å². The van der Waals surface area contributed by atoms with Crippen molar-refractivity contribution in [1.82, 2.24) is 15.0 Å². The van der Waals surface area contributed by atoms with Crippen molar-refractivity contribution < 1.29 is 35.5 Å². The quantitative estimate of drug-likeness (QED) is 0.365. The second-order valence-electron chi connectivity index (χ2n) is 8.51. The molecule has 0 aromatic carbocycles. The predicted octanol–water partition coefficient (Wildman–Crippen LogP) is 3.93. The summed E-state index contributed by atoms with van der Waals surface area (Å²) in [6, 6.07) is 2.71. The van der Waals surface area contributed by atoms with Gasteiger partial charge in [-0.15, -0.1) is 0 Å². The molecule has 2 N–H and O–H groups in total. The summed E-state index contributed by atoms with van der Waals surface area (Å²) in [4.78, 5) is 24.0. The number of pyridine rings is 1. The van der Waals surface area contributed by atoms with Gasteiger partial charge in [0.05, 0.1) is 16.2 Å². The fourth-order valence-corrected chi connectivity index (χ4v) is 4.17. The number of aromatic nitrogens is 3. The van der Waals surface area contributed by atoms with Crippen molar-refractivity contribution in [3.8, 4) is 11.3 Å². The predicted molar refractivity (Wildman–Crippen MR) is 124 cm³/mol. The van der Waals surface area contributed by atoms with E-state index >= 15 is 0 Å². The number of sulfone groups is 1. The molecule has 0 amide bonds. The first kappa shape index (κ1) is 27.6. The van der Waals surface area contributed by atoms with E-state index in [0.717, 1.165) is 6.26 Å².